The molecule has 1 heterocycles. The third kappa shape index (κ3) is 4.15. The Bertz CT molecular complexity index is 514. The summed E-state index contributed by atoms with van der Waals surface area (Å²) in [6.07, 6.45) is 7.61. The first-order chi connectivity index (χ1) is 9.92. The number of halogens is 1. The number of rotatable bonds is 6. The minimum Gasteiger partial charge on any atom is -0.369 e. The maximum Gasteiger partial charge on any atom is 0.288 e. The van der Waals surface area contributed by atoms with E-state index in [0.29, 0.717) is 21.6 Å². The van der Waals surface area contributed by atoms with Crippen LogP contribution in [-0.4, -0.2) is 16.5 Å². The first-order valence-electron chi connectivity index (χ1n) is 7.46. The molecule has 5 nitrogen and oxygen atoms in total. The molecule has 116 valence electrons. The van der Waals surface area contributed by atoms with Crippen LogP contribution in [0.2, 0.25) is 0 Å². The molecule has 1 aromatic rings. The van der Waals surface area contributed by atoms with Crippen molar-refractivity contribution < 1.29 is 4.92 Å². The van der Waals surface area contributed by atoms with E-state index in [0.717, 1.165) is 6.54 Å². The van der Waals surface area contributed by atoms with Gasteiger partial charge in [-0.05, 0) is 46.5 Å². The van der Waals surface area contributed by atoms with Gasteiger partial charge in [0.1, 0.15) is 12.0 Å². The lowest BCUT2D eigenvalue weighted by Gasteiger charge is -2.31. The van der Waals surface area contributed by atoms with Crippen molar-refractivity contribution >= 4 is 27.4 Å². The zero-order valence-corrected chi connectivity index (χ0v) is 14.1. The Hall–Kier alpha value is -1.17. The van der Waals surface area contributed by atoms with Crippen LogP contribution in [0.25, 0.3) is 0 Å². The molecule has 2 rings (SSSR count). The third-order valence-electron chi connectivity index (χ3n) is 4.17. The molecular formula is C15H22BrN3O2. The van der Waals surface area contributed by atoms with Crippen molar-refractivity contribution in [2.45, 2.75) is 46.0 Å². The maximum absolute atomic E-state index is 10.7. The van der Waals surface area contributed by atoms with Crippen molar-refractivity contribution in [3.8, 4) is 0 Å². The van der Waals surface area contributed by atoms with E-state index in [1.165, 1.54) is 44.4 Å². The Kier molecular flexibility index (Phi) is 5.19. The standard InChI is InChI=1S/C15H22BrN3O2/c1-11(2)8-15(5-3-4-6-15)10-18-14-13(16)7-12(9-17-14)19(20)21/h7,9,11H,3-6,8,10H2,1-2H3,(H,17,18). The van der Waals surface area contributed by atoms with E-state index < -0.39 is 4.92 Å². The second kappa shape index (κ2) is 6.73. The molecule has 21 heavy (non-hydrogen) atoms. The molecule has 6 heteroatoms. The van der Waals surface area contributed by atoms with E-state index in [4.69, 9.17) is 0 Å². The first-order valence-corrected chi connectivity index (χ1v) is 8.25. The van der Waals surface area contributed by atoms with Crippen molar-refractivity contribution in [1.82, 2.24) is 4.98 Å². The van der Waals surface area contributed by atoms with E-state index in [9.17, 15) is 10.1 Å². The number of anilines is 1. The van der Waals surface area contributed by atoms with E-state index >= 15 is 0 Å². The molecule has 0 aromatic carbocycles. The highest BCUT2D eigenvalue weighted by atomic mass is 79.9. The zero-order chi connectivity index (χ0) is 15.5. The number of pyridine rings is 1. The summed E-state index contributed by atoms with van der Waals surface area (Å²) in [7, 11) is 0. The fourth-order valence-corrected chi connectivity index (χ4v) is 3.85. The lowest BCUT2D eigenvalue weighted by atomic mass is 9.78. The second-order valence-electron chi connectivity index (χ2n) is 6.44. The van der Waals surface area contributed by atoms with Crippen LogP contribution in [0.4, 0.5) is 11.5 Å². The summed E-state index contributed by atoms with van der Waals surface area (Å²) in [5.74, 6) is 1.37. The van der Waals surface area contributed by atoms with Crippen molar-refractivity contribution in [2.24, 2.45) is 11.3 Å². The third-order valence-corrected chi connectivity index (χ3v) is 4.78. The van der Waals surface area contributed by atoms with Gasteiger partial charge in [0.2, 0.25) is 0 Å². The SMILES string of the molecule is CC(C)CC1(CNc2ncc([N+](=O)[O-])cc2Br)CCCC1. The molecule has 1 aromatic heterocycles. The van der Waals surface area contributed by atoms with Gasteiger partial charge in [-0.15, -0.1) is 0 Å². The molecule has 0 radical (unpaired) electrons. The molecule has 1 aliphatic rings. The van der Waals surface area contributed by atoms with Crippen LogP contribution in [-0.2, 0) is 0 Å². The summed E-state index contributed by atoms with van der Waals surface area (Å²) in [5.41, 5.74) is 0.349. The van der Waals surface area contributed by atoms with Crippen LogP contribution < -0.4 is 5.32 Å². The van der Waals surface area contributed by atoms with Crippen LogP contribution >= 0.6 is 15.9 Å². The normalized spacial score (nSPS) is 17.1. The highest BCUT2D eigenvalue weighted by Gasteiger charge is 2.34. The summed E-state index contributed by atoms with van der Waals surface area (Å²) in [6.45, 7) is 5.41. The maximum atomic E-state index is 10.7. The average Bonchev–Trinajstić information content (AvgIpc) is 2.85. The summed E-state index contributed by atoms with van der Waals surface area (Å²) < 4.78 is 0.648. The smallest absolute Gasteiger partial charge is 0.288 e. The first kappa shape index (κ1) is 16.2. The molecular weight excluding hydrogens is 334 g/mol. The lowest BCUT2D eigenvalue weighted by Crippen LogP contribution is -2.28. The molecule has 0 atom stereocenters. The Morgan fingerprint density at radius 1 is 1.48 bits per heavy atom. The van der Waals surface area contributed by atoms with Crippen molar-refractivity contribution in [1.29, 1.82) is 0 Å². The Morgan fingerprint density at radius 3 is 2.67 bits per heavy atom. The van der Waals surface area contributed by atoms with Gasteiger partial charge in [0, 0.05) is 12.6 Å². The van der Waals surface area contributed by atoms with Gasteiger partial charge in [-0.25, -0.2) is 4.98 Å². The van der Waals surface area contributed by atoms with Crippen LogP contribution in [0.5, 0.6) is 0 Å². The summed E-state index contributed by atoms with van der Waals surface area (Å²) in [6, 6.07) is 1.50. The van der Waals surface area contributed by atoms with Gasteiger partial charge >= 0.3 is 0 Å². The van der Waals surface area contributed by atoms with E-state index in [1.54, 1.807) is 0 Å². The van der Waals surface area contributed by atoms with E-state index in [2.05, 4.69) is 40.1 Å². The number of aromatic nitrogens is 1. The number of nitrogens with zero attached hydrogens (tertiary/aromatic N) is 2. The van der Waals surface area contributed by atoms with Gasteiger partial charge in [0.05, 0.1) is 9.40 Å². The molecule has 0 spiro atoms. The summed E-state index contributed by atoms with van der Waals surface area (Å²) in [4.78, 5) is 14.5. The quantitative estimate of drug-likeness (QED) is 0.589. The number of nitrogens with one attached hydrogen (secondary N) is 1. The largest absolute Gasteiger partial charge is 0.369 e. The lowest BCUT2D eigenvalue weighted by molar-refractivity contribution is -0.385. The number of hydrogen-bond acceptors (Lipinski definition) is 4. The number of nitro groups is 1. The highest BCUT2D eigenvalue weighted by Crippen LogP contribution is 2.43. The zero-order valence-electron chi connectivity index (χ0n) is 12.6. The predicted molar refractivity (Wildman–Crippen MR) is 87.4 cm³/mol. The molecule has 0 saturated heterocycles. The fourth-order valence-electron chi connectivity index (χ4n) is 3.37. The minimum absolute atomic E-state index is 0.00480. The average molecular weight is 356 g/mol. The second-order valence-corrected chi connectivity index (χ2v) is 7.29. The molecule has 1 fully saturated rings. The van der Waals surface area contributed by atoms with Crippen LogP contribution in [0.1, 0.15) is 46.0 Å². The number of hydrogen-bond donors (Lipinski definition) is 1. The fraction of sp³-hybridized carbons (Fsp3) is 0.667. The topological polar surface area (TPSA) is 68.1 Å². The molecule has 1 aliphatic carbocycles. The summed E-state index contributed by atoms with van der Waals surface area (Å²) >= 11 is 3.36. The van der Waals surface area contributed by atoms with Crippen LogP contribution in [0.3, 0.4) is 0 Å². The monoisotopic (exact) mass is 355 g/mol. The molecule has 1 N–H and O–H groups in total. The minimum atomic E-state index is -0.432. The Morgan fingerprint density at radius 2 is 2.14 bits per heavy atom. The van der Waals surface area contributed by atoms with E-state index in [1.807, 2.05) is 0 Å². The van der Waals surface area contributed by atoms with Gasteiger partial charge in [-0.3, -0.25) is 10.1 Å². The van der Waals surface area contributed by atoms with E-state index in [-0.39, 0.29) is 5.69 Å². The van der Waals surface area contributed by atoms with Crippen LogP contribution in [0, 0.1) is 21.4 Å². The van der Waals surface area contributed by atoms with Gasteiger partial charge in [-0.1, -0.05) is 26.7 Å². The van der Waals surface area contributed by atoms with Crippen molar-refractivity contribution in [2.75, 3.05) is 11.9 Å². The molecule has 0 aliphatic heterocycles. The van der Waals surface area contributed by atoms with Crippen molar-refractivity contribution in [3.63, 3.8) is 0 Å². The molecule has 0 unspecified atom stereocenters. The Balaban J connectivity index is 2.06. The van der Waals surface area contributed by atoms with Gasteiger partial charge in [-0.2, -0.15) is 0 Å². The molecule has 0 bridgehead atoms. The van der Waals surface area contributed by atoms with Crippen LogP contribution in [0.15, 0.2) is 16.7 Å². The van der Waals surface area contributed by atoms with Gasteiger partial charge in [0.25, 0.3) is 5.69 Å². The molecule has 0 amide bonds. The Labute approximate surface area is 133 Å². The predicted octanol–water partition coefficient (Wildman–Crippen LogP) is 4.77. The van der Waals surface area contributed by atoms with Crippen molar-refractivity contribution in [3.05, 3.63) is 26.9 Å². The highest BCUT2D eigenvalue weighted by molar-refractivity contribution is 9.10. The van der Waals surface area contributed by atoms with Gasteiger partial charge < -0.3 is 5.32 Å². The molecule has 1 saturated carbocycles. The summed E-state index contributed by atoms with van der Waals surface area (Å²) in [5, 5.41) is 14.1. The van der Waals surface area contributed by atoms with Gasteiger partial charge in [0.15, 0.2) is 0 Å².